The molecule has 5 heteroatoms. The minimum Gasteiger partial charge on any atom is -0.497 e. The number of carboxylic acid groups (broad SMARTS) is 1. The molecule has 1 aromatic carbocycles. The predicted octanol–water partition coefficient (Wildman–Crippen LogP) is 3.37. The Kier molecular flexibility index (Phi) is 3.64. The Balaban J connectivity index is 2.00. The molecule has 110 valence electrons. The highest BCUT2D eigenvalue weighted by molar-refractivity contribution is 5.94. The third-order valence-corrected chi connectivity index (χ3v) is 4.02. The minimum atomic E-state index is -0.940. The summed E-state index contributed by atoms with van der Waals surface area (Å²) in [7, 11) is 1.60. The van der Waals surface area contributed by atoms with Crippen LogP contribution in [-0.2, 0) is 0 Å². The van der Waals surface area contributed by atoms with Crippen LogP contribution in [0.3, 0.4) is 0 Å². The Bertz CT molecular complexity index is 640. The van der Waals surface area contributed by atoms with Crippen molar-refractivity contribution >= 4 is 5.97 Å². The Morgan fingerprint density at radius 2 is 1.95 bits per heavy atom. The summed E-state index contributed by atoms with van der Waals surface area (Å²) in [6.45, 7) is 0. The number of methoxy groups -OCH3 is 1. The van der Waals surface area contributed by atoms with Gasteiger partial charge < -0.3 is 9.84 Å². The van der Waals surface area contributed by atoms with Crippen LogP contribution in [0.5, 0.6) is 5.75 Å². The molecular weight excluding hydrogens is 268 g/mol. The average Bonchev–Trinajstić information content (AvgIpc) is 3.16. The number of carboxylic acids is 1. The first-order valence-electron chi connectivity index (χ1n) is 7.16. The standard InChI is InChI=1S/C16H18N2O3/c1-21-13-8-6-11(7-9-13)15-14(16(19)20)10-18(17-15)12-4-2-3-5-12/h6-10,12H,2-5H2,1H3,(H,19,20). The van der Waals surface area contributed by atoms with Gasteiger partial charge in [-0.3, -0.25) is 4.68 Å². The molecule has 0 unspecified atom stereocenters. The van der Waals surface area contributed by atoms with Crippen LogP contribution >= 0.6 is 0 Å². The van der Waals surface area contributed by atoms with E-state index in [9.17, 15) is 9.90 Å². The lowest BCUT2D eigenvalue weighted by molar-refractivity contribution is 0.0697. The van der Waals surface area contributed by atoms with Crippen LogP contribution < -0.4 is 4.74 Å². The number of carbonyl (C=O) groups is 1. The van der Waals surface area contributed by atoms with Crippen molar-refractivity contribution in [1.29, 1.82) is 0 Å². The minimum absolute atomic E-state index is 0.257. The molecule has 0 atom stereocenters. The van der Waals surface area contributed by atoms with Gasteiger partial charge in [0.1, 0.15) is 17.0 Å². The summed E-state index contributed by atoms with van der Waals surface area (Å²) in [5.41, 5.74) is 1.58. The molecule has 1 saturated carbocycles. The van der Waals surface area contributed by atoms with E-state index in [-0.39, 0.29) is 5.56 Å². The predicted molar refractivity (Wildman–Crippen MR) is 78.7 cm³/mol. The molecule has 1 aromatic heterocycles. The van der Waals surface area contributed by atoms with Gasteiger partial charge in [0.2, 0.25) is 0 Å². The first-order valence-corrected chi connectivity index (χ1v) is 7.16. The summed E-state index contributed by atoms with van der Waals surface area (Å²) in [5, 5.41) is 13.9. The summed E-state index contributed by atoms with van der Waals surface area (Å²) < 4.78 is 6.96. The van der Waals surface area contributed by atoms with Crippen LogP contribution in [-0.4, -0.2) is 28.0 Å². The molecule has 0 amide bonds. The first kappa shape index (κ1) is 13.7. The number of nitrogens with zero attached hydrogens (tertiary/aromatic N) is 2. The van der Waals surface area contributed by atoms with Gasteiger partial charge in [-0.05, 0) is 37.1 Å². The van der Waals surface area contributed by atoms with Gasteiger partial charge in [-0.25, -0.2) is 4.79 Å². The van der Waals surface area contributed by atoms with E-state index in [1.54, 1.807) is 13.3 Å². The van der Waals surface area contributed by atoms with Crippen molar-refractivity contribution in [1.82, 2.24) is 9.78 Å². The monoisotopic (exact) mass is 286 g/mol. The molecule has 1 fully saturated rings. The van der Waals surface area contributed by atoms with Crippen molar-refractivity contribution in [2.24, 2.45) is 0 Å². The third-order valence-electron chi connectivity index (χ3n) is 4.02. The first-order chi connectivity index (χ1) is 10.2. The smallest absolute Gasteiger partial charge is 0.339 e. The third kappa shape index (κ3) is 2.63. The highest BCUT2D eigenvalue weighted by Gasteiger charge is 2.23. The number of hydrogen-bond donors (Lipinski definition) is 1. The second-order valence-corrected chi connectivity index (χ2v) is 5.34. The fraction of sp³-hybridized carbons (Fsp3) is 0.375. The molecule has 0 radical (unpaired) electrons. The zero-order chi connectivity index (χ0) is 14.8. The van der Waals surface area contributed by atoms with Gasteiger partial charge in [0, 0.05) is 11.8 Å². The lowest BCUT2D eigenvalue weighted by atomic mass is 10.1. The summed E-state index contributed by atoms with van der Waals surface area (Å²) >= 11 is 0. The van der Waals surface area contributed by atoms with Gasteiger partial charge >= 0.3 is 5.97 Å². The summed E-state index contributed by atoms with van der Waals surface area (Å²) in [5.74, 6) is -0.198. The normalized spacial score (nSPS) is 15.3. The van der Waals surface area contributed by atoms with E-state index in [1.165, 1.54) is 12.8 Å². The van der Waals surface area contributed by atoms with E-state index in [2.05, 4.69) is 5.10 Å². The van der Waals surface area contributed by atoms with Crippen molar-refractivity contribution in [3.63, 3.8) is 0 Å². The topological polar surface area (TPSA) is 64.4 Å². The van der Waals surface area contributed by atoms with Gasteiger partial charge in [-0.2, -0.15) is 5.10 Å². The van der Waals surface area contributed by atoms with Crippen molar-refractivity contribution < 1.29 is 14.6 Å². The zero-order valence-electron chi connectivity index (χ0n) is 12.0. The molecule has 1 aliphatic carbocycles. The van der Waals surface area contributed by atoms with Crippen molar-refractivity contribution in [2.45, 2.75) is 31.7 Å². The molecule has 0 aliphatic heterocycles. The second-order valence-electron chi connectivity index (χ2n) is 5.34. The van der Waals surface area contributed by atoms with Crippen LogP contribution in [0.1, 0.15) is 42.1 Å². The van der Waals surface area contributed by atoms with E-state index < -0.39 is 5.97 Å². The van der Waals surface area contributed by atoms with E-state index in [0.717, 1.165) is 24.2 Å². The zero-order valence-corrected chi connectivity index (χ0v) is 12.0. The van der Waals surface area contributed by atoms with Gasteiger partial charge in [0.15, 0.2) is 0 Å². The number of rotatable bonds is 4. The molecule has 21 heavy (non-hydrogen) atoms. The maximum absolute atomic E-state index is 11.5. The SMILES string of the molecule is COc1ccc(-c2nn(C3CCCC3)cc2C(=O)O)cc1. The Hall–Kier alpha value is -2.30. The fourth-order valence-electron chi connectivity index (χ4n) is 2.87. The number of hydrogen-bond acceptors (Lipinski definition) is 3. The highest BCUT2D eigenvalue weighted by atomic mass is 16.5. The largest absolute Gasteiger partial charge is 0.497 e. The lowest BCUT2D eigenvalue weighted by Crippen LogP contribution is -2.05. The quantitative estimate of drug-likeness (QED) is 0.936. The van der Waals surface area contributed by atoms with Crippen LogP contribution in [0.2, 0.25) is 0 Å². The van der Waals surface area contributed by atoms with E-state index in [0.29, 0.717) is 11.7 Å². The summed E-state index contributed by atoms with van der Waals surface area (Å²) in [6.07, 6.45) is 6.18. The van der Waals surface area contributed by atoms with Gasteiger partial charge in [-0.15, -0.1) is 0 Å². The number of aromatic carboxylic acids is 1. The van der Waals surface area contributed by atoms with E-state index in [1.807, 2.05) is 28.9 Å². The molecule has 3 rings (SSSR count). The van der Waals surface area contributed by atoms with Crippen LogP contribution in [0.15, 0.2) is 30.5 Å². The van der Waals surface area contributed by atoms with Crippen LogP contribution in [0.4, 0.5) is 0 Å². The molecule has 1 aliphatic rings. The molecule has 5 nitrogen and oxygen atoms in total. The molecule has 1 N–H and O–H groups in total. The molecule has 0 spiro atoms. The highest BCUT2D eigenvalue weighted by Crippen LogP contribution is 2.32. The molecule has 0 saturated heterocycles. The molecule has 2 aromatic rings. The fourth-order valence-corrected chi connectivity index (χ4v) is 2.87. The Labute approximate surface area is 123 Å². The maximum atomic E-state index is 11.5. The summed E-state index contributed by atoms with van der Waals surface area (Å²) in [4.78, 5) is 11.5. The van der Waals surface area contributed by atoms with Crippen molar-refractivity contribution in [3.8, 4) is 17.0 Å². The van der Waals surface area contributed by atoms with Crippen molar-refractivity contribution in [2.75, 3.05) is 7.11 Å². The maximum Gasteiger partial charge on any atom is 0.339 e. The number of aromatic nitrogens is 2. The Morgan fingerprint density at radius 1 is 1.29 bits per heavy atom. The second kappa shape index (κ2) is 5.60. The lowest BCUT2D eigenvalue weighted by Gasteiger charge is -2.08. The molecular formula is C16H18N2O3. The van der Waals surface area contributed by atoms with Gasteiger partial charge in [0.25, 0.3) is 0 Å². The molecule has 1 heterocycles. The van der Waals surface area contributed by atoms with E-state index >= 15 is 0 Å². The average molecular weight is 286 g/mol. The van der Waals surface area contributed by atoms with Gasteiger partial charge in [-0.1, -0.05) is 12.8 Å². The van der Waals surface area contributed by atoms with E-state index in [4.69, 9.17) is 4.74 Å². The van der Waals surface area contributed by atoms with Crippen molar-refractivity contribution in [3.05, 3.63) is 36.0 Å². The molecule has 0 bridgehead atoms. The van der Waals surface area contributed by atoms with Crippen LogP contribution in [0.25, 0.3) is 11.3 Å². The number of ether oxygens (including phenoxy) is 1. The Morgan fingerprint density at radius 3 is 2.52 bits per heavy atom. The number of benzene rings is 1. The van der Waals surface area contributed by atoms with Crippen LogP contribution in [0, 0.1) is 0 Å². The summed E-state index contributed by atoms with van der Waals surface area (Å²) in [6, 6.07) is 7.64. The van der Waals surface area contributed by atoms with Gasteiger partial charge in [0.05, 0.1) is 13.2 Å².